The molecule has 1 aliphatic rings. The van der Waals surface area contributed by atoms with Crippen LogP contribution in [0.15, 0.2) is 45.9 Å². The van der Waals surface area contributed by atoms with Crippen LogP contribution in [0, 0.1) is 5.82 Å². The van der Waals surface area contributed by atoms with E-state index in [1.807, 2.05) is 18.2 Å². The Morgan fingerprint density at radius 1 is 1.37 bits per heavy atom. The summed E-state index contributed by atoms with van der Waals surface area (Å²) in [4.78, 5) is 0.790. The lowest BCUT2D eigenvalue weighted by molar-refractivity contribution is 0.382. The van der Waals surface area contributed by atoms with E-state index in [1.54, 1.807) is 24.1 Å². The Labute approximate surface area is 116 Å². The molecule has 0 fully saturated rings. The van der Waals surface area contributed by atoms with E-state index in [1.165, 1.54) is 6.07 Å². The van der Waals surface area contributed by atoms with Crippen LogP contribution >= 0.6 is 11.8 Å². The summed E-state index contributed by atoms with van der Waals surface area (Å²) in [6, 6.07) is 9.49. The number of fused-ring (bicyclic) bond motifs is 1. The van der Waals surface area contributed by atoms with Crippen LogP contribution in [0.1, 0.15) is 36.8 Å². The van der Waals surface area contributed by atoms with E-state index in [2.05, 4.69) is 12.2 Å². The molecule has 1 aromatic carbocycles. The van der Waals surface area contributed by atoms with Gasteiger partial charge < -0.3 is 9.73 Å². The minimum absolute atomic E-state index is 0.111. The van der Waals surface area contributed by atoms with E-state index in [9.17, 15) is 4.39 Å². The number of rotatable bonds is 3. The maximum absolute atomic E-state index is 13.8. The Hall–Kier alpha value is -1.26. The third-order valence-electron chi connectivity index (χ3n) is 3.45. The number of furan rings is 1. The van der Waals surface area contributed by atoms with Gasteiger partial charge in [0.2, 0.25) is 0 Å². The fourth-order valence-corrected chi connectivity index (χ4v) is 3.62. The molecule has 0 amide bonds. The summed E-state index contributed by atoms with van der Waals surface area (Å²) in [6.07, 6.45) is 2.68. The molecule has 0 aliphatic carbocycles. The highest BCUT2D eigenvalue weighted by Crippen LogP contribution is 2.38. The van der Waals surface area contributed by atoms with E-state index < -0.39 is 0 Å². The molecule has 1 unspecified atom stereocenters. The zero-order valence-corrected chi connectivity index (χ0v) is 11.5. The van der Waals surface area contributed by atoms with Crippen LogP contribution in [0.25, 0.3) is 0 Å². The van der Waals surface area contributed by atoms with Crippen molar-refractivity contribution in [1.82, 2.24) is 5.32 Å². The van der Waals surface area contributed by atoms with Gasteiger partial charge in [0, 0.05) is 10.9 Å². The first kappa shape index (κ1) is 12.8. The maximum Gasteiger partial charge on any atom is 0.137 e. The first-order chi connectivity index (χ1) is 9.25. The molecule has 1 aliphatic heterocycles. The monoisotopic (exact) mass is 277 g/mol. The van der Waals surface area contributed by atoms with Crippen molar-refractivity contribution >= 4 is 11.8 Å². The van der Waals surface area contributed by atoms with Crippen molar-refractivity contribution in [3.05, 3.63) is 53.7 Å². The van der Waals surface area contributed by atoms with Crippen LogP contribution in [0.4, 0.5) is 4.39 Å². The molecule has 3 rings (SSSR count). The van der Waals surface area contributed by atoms with Gasteiger partial charge >= 0.3 is 0 Å². The van der Waals surface area contributed by atoms with Gasteiger partial charge in [0.25, 0.3) is 0 Å². The summed E-state index contributed by atoms with van der Waals surface area (Å²) in [5.41, 5.74) is 1.06. The first-order valence-electron chi connectivity index (χ1n) is 6.46. The van der Waals surface area contributed by atoms with Gasteiger partial charge in [-0.25, -0.2) is 4.39 Å². The zero-order valence-electron chi connectivity index (χ0n) is 10.7. The minimum atomic E-state index is -0.111. The average Bonchev–Trinajstić information content (AvgIpc) is 2.94. The minimum Gasteiger partial charge on any atom is -0.468 e. The van der Waals surface area contributed by atoms with Crippen molar-refractivity contribution in [3.63, 3.8) is 0 Å². The van der Waals surface area contributed by atoms with Crippen LogP contribution in [0.2, 0.25) is 0 Å². The Balaban J connectivity index is 1.82. The highest BCUT2D eigenvalue weighted by atomic mass is 32.2. The van der Waals surface area contributed by atoms with Crippen molar-refractivity contribution in [2.75, 3.05) is 5.75 Å². The van der Waals surface area contributed by atoms with Crippen LogP contribution < -0.4 is 5.32 Å². The number of hydrogen-bond donors (Lipinski definition) is 1. The molecule has 100 valence electrons. The van der Waals surface area contributed by atoms with Crippen molar-refractivity contribution in [3.8, 4) is 0 Å². The molecule has 0 spiro atoms. The molecule has 2 heterocycles. The molecular formula is C15H16FNOS. The Kier molecular flexibility index (Phi) is 3.62. The fourth-order valence-electron chi connectivity index (χ4n) is 2.48. The van der Waals surface area contributed by atoms with Crippen molar-refractivity contribution in [2.45, 2.75) is 30.3 Å². The zero-order chi connectivity index (χ0) is 13.2. The van der Waals surface area contributed by atoms with Crippen molar-refractivity contribution in [2.24, 2.45) is 0 Å². The van der Waals surface area contributed by atoms with E-state index in [0.29, 0.717) is 0 Å². The van der Waals surface area contributed by atoms with E-state index in [0.717, 1.165) is 28.4 Å². The van der Waals surface area contributed by atoms with E-state index >= 15 is 0 Å². The van der Waals surface area contributed by atoms with Crippen LogP contribution in [0.5, 0.6) is 0 Å². The van der Waals surface area contributed by atoms with Crippen molar-refractivity contribution in [1.29, 1.82) is 0 Å². The quantitative estimate of drug-likeness (QED) is 0.905. The molecule has 0 radical (unpaired) electrons. The number of hydrogen-bond acceptors (Lipinski definition) is 3. The van der Waals surface area contributed by atoms with Gasteiger partial charge in [0.05, 0.1) is 12.3 Å². The van der Waals surface area contributed by atoms with Crippen LogP contribution in [-0.4, -0.2) is 5.75 Å². The van der Waals surface area contributed by atoms with Crippen molar-refractivity contribution < 1.29 is 8.81 Å². The van der Waals surface area contributed by atoms with Gasteiger partial charge in [0.15, 0.2) is 0 Å². The van der Waals surface area contributed by atoms with Gasteiger partial charge in [0.1, 0.15) is 11.6 Å². The van der Waals surface area contributed by atoms with Gasteiger partial charge in [-0.05, 0) is 42.9 Å². The van der Waals surface area contributed by atoms with Gasteiger partial charge in [-0.2, -0.15) is 0 Å². The lowest BCUT2D eigenvalue weighted by atomic mass is 10.0. The fraction of sp³-hybridized carbons (Fsp3) is 0.333. The lowest BCUT2D eigenvalue weighted by Crippen LogP contribution is -2.27. The molecule has 0 saturated carbocycles. The molecule has 2 atom stereocenters. The number of benzene rings is 1. The maximum atomic E-state index is 13.8. The van der Waals surface area contributed by atoms with E-state index in [-0.39, 0.29) is 17.9 Å². The molecule has 2 aromatic rings. The SMILES string of the molecule is C[C@H](NC1CCSc2c(F)cccc21)c1ccco1. The first-order valence-corrected chi connectivity index (χ1v) is 7.45. The molecule has 4 heteroatoms. The average molecular weight is 277 g/mol. The second-order valence-electron chi connectivity index (χ2n) is 4.75. The van der Waals surface area contributed by atoms with Gasteiger partial charge in [-0.3, -0.25) is 0 Å². The summed E-state index contributed by atoms with van der Waals surface area (Å²) in [5, 5.41) is 3.53. The molecular weight excluding hydrogens is 261 g/mol. The molecule has 2 nitrogen and oxygen atoms in total. The summed E-state index contributed by atoms with van der Waals surface area (Å²) in [7, 11) is 0. The molecule has 0 bridgehead atoms. The summed E-state index contributed by atoms with van der Waals surface area (Å²) >= 11 is 1.61. The molecule has 1 aromatic heterocycles. The number of nitrogens with one attached hydrogen (secondary N) is 1. The highest BCUT2D eigenvalue weighted by molar-refractivity contribution is 7.99. The molecule has 0 saturated heterocycles. The largest absolute Gasteiger partial charge is 0.468 e. The summed E-state index contributed by atoms with van der Waals surface area (Å²) < 4.78 is 19.2. The Morgan fingerprint density at radius 3 is 3.05 bits per heavy atom. The lowest BCUT2D eigenvalue weighted by Gasteiger charge is -2.28. The second-order valence-corrected chi connectivity index (χ2v) is 5.86. The number of halogens is 1. The predicted octanol–water partition coefficient (Wildman–Crippen LogP) is 4.31. The third-order valence-corrected chi connectivity index (χ3v) is 4.61. The predicted molar refractivity (Wildman–Crippen MR) is 74.7 cm³/mol. The van der Waals surface area contributed by atoms with Crippen LogP contribution in [0.3, 0.4) is 0 Å². The van der Waals surface area contributed by atoms with E-state index in [4.69, 9.17) is 4.42 Å². The summed E-state index contributed by atoms with van der Waals surface area (Å²) in [6.45, 7) is 2.07. The molecule has 19 heavy (non-hydrogen) atoms. The van der Waals surface area contributed by atoms with Gasteiger partial charge in [-0.15, -0.1) is 11.8 Å². The topological polar surface area (TPSA) is 25.2 Å². The molecule has 1 N–H and O–H groups in total. The third kappa shape index (κ3) is 2.55. The van der Waals surface area contributed by atoms with Crippen LogP contribution in [-0.2, 0) is 0 Å². The normalized spacial score (nSPS) is 20.0. The Morgan fingerprint density at radius 2 is 2.26 bits per heavy atom. The van der Waals surface area contributed by atoms with Gasteiger partial charge in [-0.1, -0.05) is 12.1 Å². The standard InChI is InChI=1S/C15H16FNOS/c1-10(14-6-3-8-18-14)17-13-7-9-19-15-11(13)4-2-5-12(15)16/h2-6,8,10,13,17H,7,9H2,1H3/t10-,13?/m0/s1. The number of thioether (sulfide) groups is 1. The summed E-state index contributed by atoms with van der Waals surface area (Å²) in [5.74, 6) is 1.74. The Bertz CT molecular complexity index is 555. The highest BCUT2D eigenvalue weighted by Gasteiger charge is 2.24. The second kappa shape index (κ2) is 5.39. The smallest absolute Gasteiger partial charge is 0.137 e.